The van der Waals surface area contributed by atoms with Gasteiger partial charge in [0.2, 0.25) is 0 Å². The van der Waals surface area contributed by atoms with E-state index in [1.54, 1.807) is 6.07 Å². The highest BCUT2D eigenvalue weighted by atomic mass is 19.1. The number of carbonyl (C=O) groups excluding carboxylic acids is 1. The summed E-state index contributed by atoms with van der Waals surface area (Å²) in [7, 11) is 0. The van der Waals surface area contributed by atoms with Crippen molar-refractivity contribution in [1.82, 2.24) is 0 Å². The summed E-state index contributed by atoms with van der Waals surface area (Å²) in [5.74, 6) is -1.22. The molecule has 1 aliphatic carbocycles. The fourth-order valence-corrected chi connectivity index (χ4v) is 3.33. The van der Waals surface area contributed by atoms with Gasteiger partial charge in [0.25, 0.3) is 0 Å². The number of ether oxygens (including phenoxy) is 1. The summed E-state index contributed by atoms with van der Waals surface area (Å²) in [5.41, 5.74) is 8.09. The monoisotopic (exact) mass is 331 g/mol. The molecular weight excluding hydrogens is 312 g/mol. The van der Waals surface area contributed by atoms with E-state index in [-0.39, 0.29) is 5.41 Å². The van der Waals surface area contributed by atoms with Crippen molar-refractivity contribution in [3.63, 3.8) is 0 Å². The van der Waals surface area contributed by atoms with Crippen molar-refractivity contribution >= 4 is 6.09 Å². The van der Waals surface area contributed by atoms with Crippen LogP contribution in [-0.4, -0.2) is 6.09 Å². The van der Waals surface area contributed by atoms with E-state index in [1.165, 1.54) is 12.1 Å². The van der Waals surface area contributed by atoms with Gasteiger partial charge in [0.1, 0.15) is 17.7 Å². The first-order chi connectivity index (χ1) is 11.3. The number of aryl methyl sites for hydroxylation is 1. The number of fused-ring (bicyclic) bond motifs is 1. The summed E-state index contributed by atoms with van der Waals surface area (Å²) >= 11 is 0. The van der Waals surface area contributed by atoms with Crippen LogP contribution in [0.3, 0.4) is 0 Å². The summed E-state index contributed by atoms with van der Waals surface area (Å²) in [4.78, 5) is 11.2. The number of nitrogens with two attached hydrogens (primary N) is 1. The van der Waals surface area contributed by atoms with Gasteiger partial charge in [0.15, 0.2) is 0 Å². The van der Waals surface area contributed by atoms with Crippen LogP contribution in [0.5, 0.6) is 0 Å². The number of benzene rings is 2. The molecule has 0 saturated carbocycles. The molecule has 0 bridgehead atoms. The Balaban J connectivity index is 2.04. The predicted molar refractivity (Wildman–Crippen MR) is 87.3 cm³/mol. The van der Waals surface area contributed by atoms with Gasteiger partial charge in [0.05, 0.1) is 0 Å². The molecule has 0 spiro atoms. The minimum atomic E-state index is -0.808. The zero-order chi connectivity index (χ0) is 17.5. The van der Waals surface area contributed by atoms with Gasteiger partial charge in [-0.1, -0.05) is 32.0 Å². The number of hydrogen-bond donors (Lipinski definition) is 1. The third kappa shape index (κ3) is 3.11. The Hall–Kier alpha value is -2.43. The van der Waals surface area contributed by atoms with E-state index in [1.807, 2.05) is 26.0 Å². The highest BCUT2D eigenvalue weighted by Gasteiger charge is 2.38. The van der Waals surface area contributed by atoms with E-state index >= 15 is 0 Å². The molecule has 24 heavy (non-hydrogen) atoms. The van der Waals surface area contributed by atoms with E-state index in [2.05, 4.69) is 0 Å². The van der Waals surface area contributed by atoms with Gasteiger partial charge in [-0.15, -0.1) is 0 Å². The van der Waals surface area contributed by atoms with Crippen molar-refractivity contribution in [2.75, 3.05) is 0 Å². The maximum Gasteiger partial charge on any atom is 0.405 e. The van der Waals surface area contributed by atoms with Crippen LogP contribution in [0.2, 0.25) is 0 Å². The highest BCUT2D eigenvalue weighted by Crippen LogP contribution is 2.46. The van der Waals surface area contributed by atoms with E-state index in [0.29, 0.717) is 5.56 Å². The van der Waals surface area contributed by atoms with Crippen LogP contribution in [0.1, 0.15) is 37.5 Å². The molecule has 1 amide bonds. The van der Waals surface area contributed by atoms with Crippen molar-refractivity contribution in [3.8, 4) is 11.1 Å². The predicted octanol–water partition coefficient (Wildman–Crippen LogP) is 4.74. The first-order valence-electron chi connectivity index (χ1n) is 7.82. The van der Waals surface area contributed by atoms with Gasteiger partial charge < -0.3 is 10.5 Å². The number of amides is 1. The molecule has 1 unspecified atom stereocenters. The average molecular weight is 331 g/mol. The van der Waals surface area contributed by atoms with Gasteiger partial charge in [-0.3, -0.25) is 0 Å². The summed E-state index contributed by atoms with van der Waals surface area (Å²) in [6.45, 7) is 4.05. The Labute approximate surface area is 139 Å². The summed E-state index contributed by atoms with van der Waals surface area (Å²) in [5, 5.41) is 0. The minimum absolute atomic E-state index is 0.228. The Morgan fingerprint density at radius 2 is 1.79 bits per heavy atom. The van der Waals surface area contributed by atoms with Gasteiger partial charge >= 0.3 is 6.09 Å². The van der Waals surface area contributed by atoms with Crippen molar-refractivity contribution in [2.24, 2.45) is 11.1 Å². The zero-order valence-electron chi connectivity index (χ0n) is 13.6. The minimum Gasteiger partial charge on any atom is -0.441 e. The van der Waals surface area contributed by atoms with Crippen molar-refractivity contribution in [1.29, 1.82) is 0 Å². The van der Waals surface area contributed by atoms with E-state index in [4.69, 9.17) is 10.5 Å². The normalized spacial score (nSPS) is 18.8. The quantitative estimate of drug-likeness (QED) is 0.864. The van der Waals surface area contributed by atoms with Gasteiger partial charge in [-0.2, -0.15) is 0 Å². The highest BCUT2D eigenvalue weighted by molar-refractivity contribution is 5.67. The summed E-state index contributed by atoms with van der Waals surface area (Å²) in [6, 6.07) is 8.98. The Morgan fingerprint density at radius 1 is 1.12 bits per heavy atom. The molecule has 2 aromatic carbocycles. The molecule has 3 nitrogen and oxygen atoms in total. The lowest BCUT2D eigenvalue weighted by atomic mass is 9.71. The largest absolute Gasteiger partial charge is 0.441 e. The Kier molecular flexibility index (Phi) is 4.03. The van der Waals surface area contributed by atoms with Crippen molar-refractivity contribution < 1.29 is 18.3 Å². The van der Waals surface area contributed by atoms with Crippen LogP contribution < -0.4 is 5.73 Å². The lowest BCUT2D eigenvalue weighted by Gasteiger charge is -2.39. The van der Waals surface area contributed by atoms with Crippen LogP contribution in [-0.2, 0) is 11.2 Å². The van der Waals surface area contributed by atoms with Crippen molar-refractivity contribution in [2.45, 2.75) is 32.8 Å². The SMILES string of the molecule is CC1(C)CCc2cc(-c3cc(F)cc(F)c3)ccc2C1OC(N)=O. The third-order valence-electron chi connectivity index (χ3n) is 4.60. The lowest BCUT2D eigenvalue weighted by Crippen LogP contribution is -2.33. The molecule has 1 atom stereocenters. The number of hydrogen-bond acceptors (Lipinski definition) is 2. The topological polar surface area (TPSA) is 52.3 Å². The molecule has 0 fully saturated rings. The lowest BCUT2D eigenvalue weighted by molar-refractivity contribution is 0.0147. The average Bonchev–Trinajstić information content (AvgIpc) is 2.48. The number of primary amides is 1. The maximum atomic E-state index is 13.4. The van der Waals surface area contributed by atoms with Gasteiger partial charge in [0, 0.05) is 11.5 Å². The number of rotatable bonds is 2. The fourth-order valence-electron chi connectivity index (χ4n) is 3.33. The zero-order valence-corrected chi connectivity index (χ0v) is 13.6. The van der Waals surface area contributed by atoms with E-state index < -0.39 is 23.8 Å². The number of carbonyl (C=O) groups is 1. The smallest absolute Gasteiger partial charge is 0.405 e. The Morgan fingerprint density at radius 3 is 2.42 bits per heavy atom. The first-order valence-corrected chi connectivity index (χ1v) is 7.82. The van der Waals surface area contributed by atoms with Crippen LogP contribution in [0.15, 0.2) is 36.4 Å². The molecule has 0 radical (unpaired) electrons. The van der Waals surface area contributed by atoms with Crippen LogP contribution in [0.25, 0.3) is 11.1 Å². The van der Waals surface area contributed by atoms with E-state index in [9.17, 15) is 13.6 Å². The molecule has 5 heteroatoms. The van der Waals surface area contributed by atoms with Crippen LogP contribution >= 0.6 is 0 Å². The molecule has 3 rings (SSSR count). The first kappa shape index (κ1) is 16.4. The van der Waals surface area contributed by atoms with Crippen molar-refractivity contribution in [3.05, 3.63) is 59.2 Å². The number of halogens is 2. The molecule has 2 aromatic rings. The molecule has 0 heterocycles. The molecular formula is C19H19F2NO2. The maximum absolute atomic E-state index is 13.4. The second-order valence-corrected chi connectivity index (χ2v) is 6.88. The molecule has 2 N–H and O–H groups in total. The van der Waals surface area contributed by atoms with Crippen LogP contribution in [0, 0.1) is 17.0 Å². The molecule has 1 aliphatic rings. The fraction of sp³-hybridized carbons (Fsp3) is 0.316. The van der Waals surface area contributed by atoms with Gasteiger partial charge in [-0.25, -0.2) is 13.6 Å². The van der Waals surface area contributed by atoms with Crippen LogP contribution in [0.4, 0.5) is 13.6 Å². The van der Waals surface area contributed by atoms with Gasteiger partial charge in [-0.05, 0) is 47.2 Å². The second-order valence-electron chi connectivity index (χ2n) is 6.88. The molecule has 0 aromatic heterocycles. The standard InChI is InChI=1S/C19H19F2NO2/c1-19(2)6-5-12-7-11(13-8-14(20)10-15(21)9-13)3-4-16(12)17(19)24-18(22)23/h3-4,7-10,17H,5-6H2,1-2H3,(H2,22,23). The van der Waals surface area contributed by atoms with E-state index in [0.717, 1.165) is 35.6 Å². The molecule has 0 saturated heterocycles. The molecule has 0 aliphatic heterocycles. The molecule has 126 valence electrons. The Bertz CT molecular complexity index is 782. The summed E-state index contributed by atoms with van der Waals surface area (Å²) in [6.07, 6.45) is 0.375. The summed E-state index contributed by atoms with van der Waals surface area (Å²) < 4.78 is 32.2. The third-order valence-corrected chi connectivity index (χ3v) is 4.60. The second kappa shape index (κ2) is 5.89.